The predicted octanol–water partition coefficient (Wildman–Crippen LogP) is 1.63. The highest BCUT2D eigenvalue weighted by Crippen LogP contribution is 2.21. The van der Waals surface area contributed by atoms with Crippen LogP contribution < -0.4 is 11.1 Å². The number of carbonyl (C=O) groups excluding carboxylic acids is 1. The van der Waals surface area contributed by atoms with E-state index in [0.29, 0.717) is 12.5 Å². The molecular formula is C12H16N2OS. The zero-order valence-corrected chi connectivity index (χ0v) is 9.93. The first-order valence-electron chi connectivity index (χ1n) is 5.45. The largest absolute Gasteiger partial charge is 0.381 e. The van der Waals surface area contributed by atoms with Gasteiger partial charge in [0.2, 0.25) is 5.91 Å². The van der Waals surface area contributed by atoms with Crippen LogP contribution in [0.1, 0.15) is 12.0 Å². The van der Waals surface area contributed by atoms with E-state index < -0.39 is 0 Å². The van der Waals surface area contributed by atoms with Crippen LogP contribution in [0.3, 0.4) is 0 Å². The maximum Gasteiger partial charge on any atom is 0.221 e. The third-order valence-corrected chi connectivity index (χ3v) is 3.80. The molecule has 1 heterocycles. The Morgan fingerprint density at radius 2 is 2.19 bits per heavy atom. The van der Waals surface area contributed by atoms with E-state index in [4.69, 9.17) is 5.73 Å². The Bertz CT molecular complexity index is 358. The maximum absolute atomic E-state index is 10.7. The standard InChI is InChI=1S/C12H16N2OS/c13-12(15)7-9-1-3-10(4-2-9)14-11-5-6-16-8-11/h1-4,11,14H,5-8H2,(H2,13,15). The third kappa shape index (κ3) is 3.17. The van der Waals surface area contributed by atoms with Crippen LogP contribution in [0.4, 0.5) is 5.69 Å². The summed E-state index contributed by atoms with van der Waals surface area (Å²) in [6.45, 7) is 0. The number of anilines is 1. The summed E-state index contributed by atoms with van der Waals surface area (Å²) in [7, 11) is 0. The van der Waals surface area contributed by atoms with Crippen molar-refractivity contribution in [3.63, 3.8) is 0 Å². The summed E-state index contributed by atoms with van der Waals surface area (Å²) in [6.07, 6.45) is 1.55. The summed E-state index contributed by atoms with van der Waals surface area (Å²) in [5.74, 6) is 2.15. The molecule has 3 nitrogen and oxygen atoms in total. The Morgan fingerprint density at radius 1 is 1.44 bits per heavy atom. The van der Waals surface area contributed by atoms with Crippen molar-refractivity contribution in [3.05, 3.63) is 29.8 Å². The first kappa shape index (κ1) is 11.3. The first-order valence-corrected chi connectivity index (χ1v) is 6.61. The number of nitrogens with one attached hydrogen (secondary N) is 1. The molecule has 4 heteroatoms. The smallest absolute Gasteiger partial charge is 0.221 e. The number of hydrogen-bond donors (Lipinski definition) is 2. The zero-order valence-electron chi connectivity index (χ0n) is 9.11. The van der Waals surface area contributed by atoms with E-state index in [0.717, 1.165) is 11.3 Å². The van der Waals surface area contributed by atoms with Gasteiger partial charge in [-0.1, -0.05) is 12.1 Å². The SMILES string of the molecule is NC(=O)Cc1ccc(NC2CCSC2)cc1. The Balaban J connectivity index is 1.93. The number of thioether (sulfide) groups is 1. The van der Waals surface area contributed by atoms with Crippen LogP contribution in [0.2, 0.25) is 0 Å². The summed E-state index contributed by atoms with van der Waals surface area (Å²) < 4.78 is 0. The van der Waals surface area contributed by atoms with Gasteiger partial charge in [0.05, 0.1) is 6.42 Å². The highest BCUT2D eigenvalue weighted by atomic mass is 32.2. The molecule has 1 amide bonds. The normalized spacial score (nSPS) is 19.6. The highest BCUT2D eigenvalue weighted by Gasteiger charge is 2.14. The van der Waals surface area contributed by atoms with Crippen molar-refractivity contribution in [2.75, 3.05) is 16.8 Å². The minimum absolute atomic E-state index is 0.284. The van der Waals surface area contributed by atoms with Crippen molar-refractivity contribution in [1.29, 1.82) is 0 Å². The molecule has 0 aliphatic carbocycles. The van der Waals surface area contributed by atoms with E-state index in [-0.39, 0.29) is 5.91 Å². The number of benzene rings is 1. The predicted molar refractivity (Wildman–Crippen MR) is 68.7 cm³/mol. The average molecular weight is 236 g/mol. The second-order valence-electron chi connectivity index (χ2n) is 4.04. The second-order valence-corrected chi connectivity index (χ2v) is 5.19. The number of primary amides is 1. The van der Waals surface area contributed by atoms with E-state index in [2.05, 4.69) is 5.32 Å². The molecule has 0 spiro atoms. The van der Waals surface area contributed by atoms with Gasteiger partial charge in [-0.25, -0.2) is 0 Å². The molecule has 1 aromatic rings. The molecule has 16 heavy (non-hydrogen) atoms. The van der Waals surface area contributed by atoms with E-state index in [1.807, 2.05) is 36.0 Å². The summed E-state index contributed by atoms with van der Waals surface area (Å²) in [5, 5.41) is 3.48. The third-order valence-electron chi connectivity index (χ3n) is 2.63. The lowest BCUT2D eigenvalue weighted by atomic mass is 10.1. The molecule has 1 fully saturated rings. The van der Waals surface area contributed by atoms with Crippen LogP contribution >= 0.6 is 11.8 Å². The van der Waals surface area contributed by atoms with Crippen LogP contribution in [0, 0.1) is 0 Å². The molecule has 1 atom stereocenters. The number of nitrogens with two attached hydrogens (primary N) is 1. The van der Waals surface area contributed by atoms with Crippen molar-refractivity contribution in [2.45, 2.75) is 18.9 Å². The molecule has 1 saturated heterocycles. The fourth-order valence-electron chi connectivity index (χ4n) is 1.80. The molecule has 0 aromatic heterocycles. The minimum Gasteiger partial charge on any atom is -0.381 e. The summed E-state index contributed by atoms with van der Waals surface area (Å²) in [5.41, 5.74) is 7.23. The molecule has 1 aliphatic heterocycles. The van der Waals surface area contributed by atoms with Crippen LogP contribution in [-0.2, 0) is 11.2 Å². The van der Waals surface area contributed by atoms with E-state index in [1.165, 1.54) is 17.9 Å². The number of hydrogen-bond acceptors (Lipinski definition) is 3. The molecule has 3 N–H and O–H groups in total. The molecule has 0 bridgehead atoms. The molecule has 0 saturated carbocycles. The summed E-state index contributed by atoms with van der Waals surface area (Å²) >= 11 is 1.99. The van der Waals surface area contributed by atoms with Crippen LogP contribution in [0.25, 0.3) is 0 Å². The van der Waals surface area contributed by atoms with Gasteiger partial charge < -0.3 is 11.1 Å². The highest BCUT2D eigenvalue weighted by molar-refractivity contribution is 7.99. The van der Waals surface area contributed by atoms with Gasteiger partial charge in [-0.2, -0.15) is 11.8 Å². The van der Waals surface area contributed by atoms with Crippen molar-refractivity contribution >= 4 is 23.4 Å². The van der Waals surface area contributed by atoms with Crippen LogP contribution in [0.5, 0.6) is 0 Å². The molecule has 0 radical (unpaired) electrons. The maximum atomic E-state index is 10.7. The summed E-state index contributed by atoms with van der Waals surface area (Å²) in [4.78, 5) is 10.7. The minimum atomic E-state index is -0.284. The molecule has 1 unspecified atom stereocenters. The van der Waals surface area contributed by atoms with E-state index >= 15 is 0 Å². The number of rotatable bonds is 4. The Hall–Kier alpha value is -1.16. The topological polar surface area (TPSA) is 55.1 Å². The van der Waals surface area contributed by atoms with E-state index in [1.54, 1.807) is 0 Å². The van der Waals surface area contributed by atoms with Gasteiger partial charge in [-0.15, -0.1) is 0 Å². The van der Waals surface area contributed by atoms with Crippen molar-refractivity contribution < 1.29 is 4.79 Å². The Labute approximate surface area is 99.8 Å². The van der Waals surface area contributed by atoms with Gasteiger partial charge in [0, 0.05) is 17.5 Å². The van der Waals surface area contributed by atoms with Crippen LogP contribution in [-0.4, -0.2) is 23.5 Å². The average Bonchev–Trinajstić information content (AvgIpc) is 2.73. The fraction of sp³-hybridized carbons (Fsp3) is 0.417. The molecule has 1 aromatic carbocycles. The van der Waals surface area contributed by atoms with Crippen molar-refractivity contribution in [1.82, 2.24) is 0 Å². The van der Waals surface area contributed by atoms with E-state index in [9.17, 15) is 4.79 Å². The summed E-state index contributed by atoms with van der Waals surface area (Å²) in [6, 6.07) is 8.53. The van der Waals surface area contributed by atoms with Gasteiger partial charge >= 0.3 is 0 Å². The van der Waals surface area contributed by atoms with Crippen LogP contribution in [0.15, 0.2) is 24.3 Å². The van der Waals surface area contributed by atoms with Gasteiger partial charge in [0.1, 0.15) is 0 Å². The van der Waals surface area contributed by atoms with Crippen molar-refractivity contribution in [2.24, 2.45) is 5.73 Å². The van der Waals surface area contributed by atoms with Gasteiger partial charge in [0.25, 0.3) is 0 Å². The lowest BCUT2D eigenvalue weighted by Crippen LogP contribution is -2.18. The number of carbonyl (C=O) groups is 1. The first-order chi connectivity index (χ1) is 7.74. The van der Waals surface area contributed by atoms with Gasteiger partial charge in [-0.3, -0.25) is 4.79 Å². The number of amides is 1. The lowest BCUT2D eigenvalue weighted by Gasteiger charge is -2.12. The monoisotopic (exact) mass is 236 g/mol. The van der Waals surface area contributed by atoms with Crippen molar-refractivity contribution in [3.8, 4) is 0 Å². The molecule has 2 rings (SSSR count). The van der Waals surface area contributed by atoms with Gasteiger partial charge in [0.15, 0.2) is 0 Å². The Morgan fingerprint density at radius 3 is 2.75 bits per heavy atom. The molecule has 86 valence electrons. The molecular weight excluding hydrogens is 220 g/mol. The Kier molecular flexibility index (Phi) is 3.72. The lowest BCUT2D eigenvalue weighted by molar-refractivity contribution is -0.117. The second kappa shape index (κ2) is 5.25. The molecule has 1 aliphatic rings. The quantitative estimate of drug-likeness (QED) is 0.835. The fourth-order valence-corrected chi connectivity index (χ4v) is 2.96. The van der Waals surface area contributed by atoms with Gasteiger partial charge in [-0.05, 0) is 29.9 Å². The zero-order chi connectivity index (χ0) is 11.4.